The van der Waals surface area contributed by atoms with Gasteiger partial charge in [0.25, 0.3) is 0 Å². The van der Waals surface area contributed by atoms with Crippen LogP contribution in [0.15, 0.2) is 42.5 Å². The fourth-order valence-corrected chi connectivity index (χ4v) is 4.76. The smallest absolute Gasteiger partial charge is 0.221 e. The molecule has 2 aromatic carbocycles. The Morgan fingerprint density at radius 2 is 2.06 bits per heavy atom. The zero-order valence-electron chi connectivity index (χ0n) is 17.9. The predicted molar refractivity (Wildman–Crippen MR) is 120 cm³/mol. The summed E-state index contributed by atoms with van der Waals surface area (Å²) >= 11 is 0. The zero-order valence-corrected chi connectivity index (χ0v) is 17.9. The van der Waals surface area contributed by atoms with Gasteiger partial charge in [0.1, 0.15) is 11.9 Å². The number of halogens is 1. The number of nitrogens with zero attached hydrogens (tertiary/aromatic N) is 2. The van der Waals surface area contributed by atoms with Crippen molar-refractivity contribution in [3.05, 3.63) is 65.1 Å². The van der Waals surface area contributed by atoms with Crippen LogP contribution in [0.2, 0.25) is 0 Å². The van der Waals surface area contributed by atoms with Crippen molar-refractivity contribution >= 4 is 22.5 Å². The molecule has 5 nitrogen and oxygen atoms in total. The highest BCUT2D eigenvalue weighted by Crippen LogP contribution is 2.35. The SMILES string of the molecule is CC(=O)Nc1ccc2c(C#N)c(C)n(C3CCNC(CCc4ccc(F)cc4)C3)c2c1. The van der Waals surface area contributed by atoms with E-state index in [0.717, 1.165) is 60.1 Å². The fraction of sp³-hybridized carbons (Fsp3) is 0.360. The number of fused-ring (bicyclic) bond motifs is 1. The van der Waals surface area contributed by atoms with Gasteiger partial charge in [-0.2, -0.15) is 5.26 Å². The van der Waals surface area contributed by atoms with Crippen molar-refractivity contribution in [2.45, 2.75) is 51.6 Å². The maximum Gasteiger partial charge on any atom is 0.221 e. The van der Waals surface area contributed by atoms with Gasteiger partial charge in [-0.05, 0) is 75.0 Å². The van der Waals surface area contributed by atoms with E-state index in [1.165, 1.54) is 19.1 Å². The molecule has 31 heavy (non-hydrogen) atoms. The number of hydrogen-bond acceptors (Lipinski definition) is 3. The third-order valence-electron chi connectivity index (χ3n) is 6.21. The quantitative estimate of drug-likeness (QED) is 0.623. The molecule has 2 N–H and O–H groups in total. The predicted octanol–water partition coefficient (Wildman–Crippen LogP) is 4.84. The number of amides is 1. The summed E-state index contributed by atoms with van der Waals surface area (Å²) in [5.41, 5.74) is 4.54. The molecule has 0 spiro atoms. The topological polar surface area (TPSA) is 69.8 Å². The lowest BCUT2D eigenvalue weighted by Gasteiger charge is -2.33. The molecular weight excluding hydrogens is 391 g/mol. The minimum Gasteiger partial charge on any atom is -0.340 e. The van der Waals surface area contributed by atoms with Crippen molar-refractivity contribution in [2.75, 3.05) is 11.9 Å². The Kier molecular flexibility index (Phi) is 6.06. The highest BCUT2D eigenvalue weighted by molar-refractivity contribution is 5.95. The van der Waals surface area contributed by atoms with Gasteiger partial charge in [0.2, 0.25) is 5.91 Å². The van der Waals surface area contributed by atoms with Crippen LogP contribution in [0.1, 0.15) is 49.0 Å². The minimum absolute atomic E-state index is 0.114. The summed E-state index contributed by atoms with van der Waals surface area (Å²) in [7, 11) is 0. The monoisotopic (exact) mass is 418 g/mol. The van der Waals surface area contributed by atoms with Crippen molar-refractivity contribution in [2.24, 2.45) is 0 Å². The van der Waals surface area contributed by atoms with Gasteiger partial charge in [-0.1, -0.05) is 12.1 Å². The summed E-state index contributed by atoms with van der Waals surface area (Å²) in [5.74, 6) is -0.320. The Morgan fingerprint density at radius 3 is 2.77 bits per heavy atom. The molecule has 2 unspecified atom stereocenters. The van der Waals surface area contributed by atoms with Crippen molar-refractivity contribution in [1.29, 1.82) is 5.26 Å². The molecule has 1 amide bonds. The maximum atomic E-state index is 13.2. The second-order valence-corrected chi connectivity index (χ2v) is 8.35. The Balaban J connectivity index is 1.59. The van der Waals surface area contributed by atoms with Crippen LogP contribution in [0.4, 0.5) is 10.1 Å². The first-order valence-corrected chi connectivity index (χ1v) is 10.8. The van der Waals surface area contributed by atoms with Gasteiger partial charge in [-0.25, -0.2) is 4.39 Å². The van der Waals surface area contributed by atoms with E-state index in [-0.39, 0.29) is 17.8 Å². The first-order chi connectivity index (χ1) is 15.0. The maximum absolute atomic E-state index is 13.2. The number of aryl methyl sites for hydroxylation is 1. The van der Waals surface area contributed by atoms with Crippen LogP contribution in [-0.2, 0) is 11.2 Å². The number of carbonyl (C=O) groups excluding carboxylic acids is 1. The van der Waals surface area contributed by atoms with Crippen LogP contribution in [0.25, 0.3) is 10.9 Å². The second-order valence-electron chi connectivity index (χ2n) is 8.35. The van der Waals surface area contributed by atoms with Gasteiger partial charge in [-0.3, -0.25) is 4.79 Å². The number of nitrogens with one attached hydrogen (secondary N) is 2. The minimum atomic E-state index is -0.207. The molecule has 0 saturated carbocycles. The van der Waals surface area contributed by atoms with E-state index in [1.807, 2.05) is 37.3 Å². The number of carbonyl (C=O) groups is 1. The molecule has 0 aliphatic carbocycles. The summed E-state index contributed by atoms with van der Waals surface area (Å²) in [5, 5.41) is 17.1. The number of benzene rings is 2. The zero-order chi connectivity index (χ0) is 22.0. The molecular formula is C25H27FN4O. The molecule has 2 heterocycles. The first kappa shape index (κ1) is 21.1. The largest absolute Gasteiger partial charge is 0.340 e. The number of anilines is 1. The van der Waals surface area contributed by atoms with Crippen LogP contribution in [0.5, 0.6) is 0 Å². The lowest BCUT2D eigenvalue weighted by molar-refractivity contribution is -0.114. The Bertz CT molecular complexity index is 1140. The van der Waals surface area contributed by atoms with E-state index in [1.54, 1.807) is 0 Å². The Labute approximate surface area is 181 Å². The van der Waals surface area contributed by atoms with Gasteiger partial charge in [0, 0.05) is 35.8 Å². The van der Waals surface area contributed by atoms with Crippen LogP contribution < -0.4 is 10.6 Å². The molecule has 6 heteroatoms. The molecule has 1 aromatic heterocycles. The molecule has 0 radical (unpaired) electrons. The van der Waals surface area contributed by atoms with E-state index in [4.69, 9.17) is 0 Å². The van der Waals surface area contributed by atoms with E-state index in [0.29, 0.717) is 11.6 Å². The summed E-state index contributed by atoms with van der Waals surface area (Å²) < 4.78 is 15.4. The van der Waals surface area contributed by atoms with E-state index < -0.39 is 0 Å². The van der Waals surface area contributed by atoms with Crippen LogP contribution >= 0.6 is 0 Å². The lowest BCUT2D eigenvalue weighted by Crippen LogP contribution is -2.39. The van der Waals surface area contributed by atoms with Crippen molar-refractivity contribution < 1.29 is 9.18 Å². The molecule has 0 bridgehead atoms. The number of hydrogen-bond donors (Lipinski definition) is 2. The highest BCUT2D eigenvalue weighted by atomic mass is 19.1. The van der Waals surface area contributed by atoms with E-state index in [2.05, 4.69) is 21.3 Å². The fourth-order valence-electron chi connectivity index (χ4n) is 4.76. The van der Waals surface area contributed by atoms with Gasteiger partial charge in [-0.15, -0.1) is 0 Å². The third-order valence-corrected chi connectivity index (χ3v) is 6.21. The summed E-state index contributed by atoms with van der Waals surface area (Å²) in [6.45, 7) is 4.41. The average Bonchev–Trinajstić information content (AvgIpc) is 3.03. The molecule has 1 aliphatic rings. The normalized spacial score (nSPS) is 18.6. The summed E-state index contributed by atoms with van der Waals surface area (Å²) in [6, 6.07) is 15.5. The van der Waals surface area contributed by atoms with Crippen molar-refractivity contribution in [1.82, 2.24) is 9.88 Å². The van der Waals surface area contributed by atoms with Gasteiger partial charge in [0.05, 0.1) is 11.1 Å². The molecule has 3 aromatic rings. The number of nitriles is 1. The molecule has 1 aliphatic heterocycles. The third kappa shape index (κ3) is 4.47. The van der Waals surface area contributed by atoms with Gasteiger partial charge < -0.3 is 15.2 Å². The number of piperidine rings is 1. The van der Waals surface area contributed by atoms with Crippen molar-refractivity contribution in [3.8, 4) is 6.07 Å². The van der Waals surface area contributed by atoms with Crippen LogP contribution in [-0.4, -0.2) is 23.1 Å². The Morgan fingerprint density at radius 1 is 1.29 bits per heavy atom. The van der Waals surface area contributed by atoms with Gasteiger partial charge >= 0.3 is 0 Å². The lowest BCUT2D eigenvalue weighted by atomic mass is 9.94. The molecule has 1 saturated heterocycles. The van der Waals surface area contributed by atoms with Gasteiger partial charge in [0.15, 0.2) is 0 Å². The van der Waals surface area contributed by atoms with Crippen LogP contribution in [0, 0.1) is 24.1 Å². The molecule has 1 fully saturated rings. The summed E-state index contributed by atoms with van der Waals surface area (Å²) in [4.78, 5) is 11.5. The molecule has 4 rings (SSSR count). The highest BCUT2D eigenvalue weighted by Gasteiger charge is 2.26. The van der Waals surface area contributed by atoms with E-state index in [9.17, 15) is 14.4 Å². The molecule has 160 valence electrons. The van der Waals surface area contributed by atoms with Crippen molar-refractivity contribution in [3.63, 3.8) is 0 Å². The first-order valence-electron chi connectivity index (χ1n) is 10.8. The van der Waals surface area contributed by atoms with E-state index >= 15 is 0 Å². The number of rotatable bonds is 5. The standard InChI is InChI=1S/C25H27FN4O/c1-16-24(15-27)23-10-9-21(29-17(2)31)14-25(23)30(16)22-11-12-28-20(13-22)8-5-18-3-6-19(26)7-4-18/h3-4,6-7,9-10,14,20,22,28H,5,8,11-13H2,1-2H3,(H,29,31). The Hall–Kier alpha value is -3.17. The average molecular weight is 419 g/mol. The number of aromatic nitrogens is 1. The second kappa shape index (κ2) is 8.91. The summed E-state index contributed by atoms with van der Waals surface area (Å²) in [6.07, 6.45) is 3.81. The molecule has 2 atom stereocenters. The van der Waals surface area contributed by atoms with Crippen LogP contribution in [0.3, 0.4) is 0 Å².